The Kier molecular flexibility index (Phi) is 7.46. The third-order valence-electron chi connectivity index (χ3n) is 1.91. The van der Waals surface area contributed by atoms with E-state index in [9.17, 15) is 9.90 Å². The summed E-state index contributed by atoms with van der Waals surface area (Å²) < 4.78 is 5.45. The smallest absolute Gasteiger partial charge is 0.222 e. The van der Waals surface area contributed by atoms with Crippen LogP contribution in [-0.4, -0.2) is 35.5 Å². The summed E-state index contributed by atoms with van der Waals surface area (Å²) >= 11 is 0. The quantitative estimate of drug-likeness (QED) is 0.677. The van der Waals surface area contributed by atoms with Gasteiger partial charge in [0.1, 0.15) is 11.7 Å². The maximum Gasteiger partial charge on any atom is 0.222 e. The number of carbonyl (C=O) groups is 1. The summed E-state index contributed by atoms with van der Waals surface area (Å²) in [5.74, 6) is -1.44. The SMILES string of the molecule is C=C[S+](C)C1CCCO1.CC(O)C(=O)[O-]. The molecule has 0 saturated carbocycles. The minimum Gasteiger partial charge on any atom is -0.547 e. The molecule has 0 radical (unpaired) electrons. The van der Waals surface area contributed by atoms with Crippen molar-refractivity contribution < 1.29 is 19.7 Å². The van der Waals surface area contributed by atoms with Crippen LogP contribution in [0.2, 0.25) is 0 Å². The molecule has 0 spiro atoms. The van der Waals surface area contributed by atoms with Gasteiger partial charge in [0, 0.05) is 17.3 Å². The van der Waals surface area contributed by atoms with Gasteiger partial charge in [-0.05, 0) is 13.3 Å². The molecular weight excluding hydrogens is 216 g/mol. The summed E-state index contributed by atoms with van der Waals surface area (Å²) in [4.78, 5) is 9.34. The lowest BCUT2D eigenvalue weighted by molar-refractivity contribution is -0.314. The average molecular weight is 234 g/mol. The summed E-state index contributed by atoms with van der Waals surface area (Å²) in [6.07, 6.45) is 3.30. The highest BCUT2D eigenvalue weighted by Crippen LogP contribution is 2.18. The van der Waals surface area contributed by atoms with Crippen LogP contribution in [0.5, 0.6) is 0 Å². The molecule has 0 amide bonds. The molecule has 4 nitrogen and oxygen atoms in total. The van der Waals surface area contributed by atoms with E-state index in [1.165, 1.54) is 12.8 Å². The van der Waals surface area contributed by atoms with Gasteiger partial charge >= 0.3 is 0 Å². The lowest BCUT2D eigenvalue weighted by Crippen LogP contribution is -2.32. The number of rotatable bonds is 3. The number of hydrogen-bond donors (Lipinski definition) is 1. The standard InChI is InChI=1S/C7H13OS.C3H6O3/c1-3-9(2)7-5-4-6-8-7;1-2(4)3(5)6/h3,7H,1,4-6H2,2H3;2,4H,1H3,(H,5,6)/q+1;/p-1. The number of aliphatic carboxylic acids is 1. The summed E-state index contributed by atoms with van der Waals surface area (Å²) in [7, 11) is 0.289. The predicted octanol–water partition coefficient (Wildman–Crippen LogP) is -0.368. The third-order valence-corrected chi connectivity index (χ3v) is 3.63. The molecule has 1 rings (SSSR count). The van der Waals surface area contributed by atoms with Crippen molar-refractivity contribution in [3.63, 3.8) is 0 Å². The number of ether oxygens (including phenoxy) is 1. The zero-order chi connectivity index (χ0) is 11.8. The summed E-state index contributed by atoms with van der Waals surface area (Å²) in [5.41, 5.74) is 0.488. The average Bonchev–Trinajstić information content (AvgIpc) is 2.70. The first-order valence-corrected chi connectivity index (χ1v) is 6.51. The van der Waals surface area contributed by atoms with Gasteiger partial charge in [0.05, 0.1) is 18.7 Å². The molecule has 88 valence electrons. The second-order valence-electron chi connectivity index (χ2n) is 3.21. The van der Waals surface area contributed by atoms with Crippen LogP contribution >= 0.6 is 0 Å². The lowest BCUT2D eigenvalue weighted by Gasteiger charge is -2.03. The van der Waals surface area contributed by atoms with Crippen LogP contribution < -0.4 is 5.11 Å². The van der Waals surface area contributed by atoms with Gasteiger partial charge in [0.15, 0.2) is 0 Å². The lowest BCUT2D eigenvalue weighted by atomic mass is 10.4. The van der Waals surface area contributed by atoms with Gasteiger partial charge in [0.25, 0.3) is 0 Å². The van der Waals surface area contributed by atoms with Crippen LogP contribution in [0.4, 0.5) is 0 Å². The van der Waals surface area contributed by atoms with Crippen molar-refractivity contribution >= 4 is 16.9 Å². The Morgan fingerprint density at radius 3 is 2.60 bits per heavy atom. The van der Waals surface area contributed by atoms with E-state index in [1.807, 2.05) is 5.41 Å². The maximum absolute atomic E-state index is 9.34. The van der Waals surface area contributed by atoms with E-state index in [-0.39, 0.29) is 10.9 Å². The van der Waals surface area contributed by atoms with Gasteiger partial charge in [-0.15, -0.1) is 0 Å². The zero-order valence-electron chi connectivity index (χ0n) is 9.14. The monoisotopic (exact) mass is 234 g/mol. The maximum atomic E-state index is 9.34. The van der Waals surface area contributed by atoms with Crippen molar-refractivity contribution in [1.82, 2.24) is 0 Å². The van der Waals surface area contributed by atoms with Gasteiger partial charge in [-0.3, -0.25) is 0 Å². The summed E-state index contributed by atoms with van der Waals surface area (Å²) in [5, 5.41) is 19.3. The normalized spacial score (nSPS) is 23.5. The minimum atomic E-state index is -1.44. The van der Waals surface area contributed by atoms with Gasteiger partial charge in [0.2, 0.25) is 5.44 Å². The largest absolute Gasteiger partial charge is 0.547 e. The molecule has 1 saturated heterocycles. The van der Waals surface area contributed by atoms with Crippen LogP contribution in [0.1, 0.15) is 19.8 Å². The van der Waals surface area contributed by atoms with Crippen molar-refractivity contribution in [2.45, 2.75) is 31.3 Å². The third kappa shape index (κ3) is 6.54. The molecule has 1 fully saturated rings. The van der Waals surface area contributed by atoms with Crippen molar-refractivity contribution in [3.05, 3.63) is 12.0 Å². The minimum absolute atomic E-state index is 0.289. The van der Waals surface area contributed by atoms with Gasteiger partial charge in [-0.25, -0.2) is 0 Å². The van der Waals surface area contributed by atoms with Crippen molar-refractivity contribution in [1.29, 1.82) is 0 Å². The highest BCUT2D eigenvalue weighted by molar-refractivity contribution is 7.99. The number of hydrogen-bond acceptors (Lipinski definition) is 4. The van der Waals surface area contributed by atoms with Crippen LogP contribution in [0, 0.1) is 0 Å². The molecular formula is C10H18O4S. The molecule has 0 aromatic carbocycles. The number of aliphatic hydroxyl groups is 1. The molecule has 0 aliphatic carbocycles. The van der Waals surface area contributed by atoms with Crippen LogP contribution in [0.25, 0.3) is 0 Å². The molecule has 1 aliphatic heterocycles. The molecule has 0 bridgehead atoms. The Morgan fingerprint density at radius 2 is 2.33 bits per heavy atom. The Hall–Kier alpha value is -0.520. The summed E-state index contributed by atoms with van der Waals surface area (Å²) in [6, 6.07) is 0. The molecule has 3 atom stereocenters. The second-order valence-corrected chi connectivity index (χ2v) is 5.29. The predicted molar refractivity (Wildman–Crippen MR) is 59.1 cm³/mol. The molecule has 3 unspecified atom stereocenters. The fourth-order valence-electron chi connectivity index (χ4n) is 0.949. The first-order chi connectivity index (χ1) is 6.99. The molecule has 15 heavy (non-hydrogen) atoms. The highest BCUT2D eigenvalue weighted by atomic mass is 32.2. The van der Waals surface area contributed by atoms with E-state index in [2.05, 4.69) is 12.8 Å². The van der Waals surface area contributed by atoms with E-state index in [4.69, 9.17) is 9.84 Å². The summed E-state index contributed by atoms with van der Waals surface area (Å²) in [6.45, 7) is 5.83. The molecule has 1 aliphatic rings. The van der Waals surface area contributed by atoms with E-state index in [0.717, 1.165) is 13.5 Å². The first-order valence-electron chi connectivity index (χ1n) is 4.75. The van der Waals surface area contributed by atoms with E-state index in [0.29, 0.717) is 5.44 Å². The van der Waals surface area contributed by atoms with Gasteiger partial charge < -0.3 is 19.7 Å². The van der Waals surface area contributed by atoms with Gasteiger partial charge in [-0.2, -0.15) is 0 Å². The molecule has 0 aromatic rings. The molecule has 0 aromatic heterocycles. The van der Waals surface area contributed by atoms with Crippen LogP contribution in [0.3, 0.4) is 0 Å². The molecule has 1 N–H and O–H groups in total. The van der Waals surface area contributed by atoms with Gasteiger partial charge in [-0.1, -0.05) is 6.58 Å². The number of carboxylic acid groups (broad SMARTS) is 1. The zero-order valence-corrected chi connectivity index (χ0v) is 9.96. The first kappa shape index (κ1) is 14.5. The Bertz CT molecular complexity index is 200. The Balaban J connectivity index is 0.000000288. The molecule has 1 heterocycles. The number of carboxylic acids is 1. The fourth-order valence-corrected chi connectivity index (χ4v) is 2.01. The Morgan fingerprint density at radius 1 is 1.80 bits per heavy atom. The molecule has 5 heteroatoms. The van der Waals surface area contributed by atoms with E-state index >= 15 is 0 Å². The van der Waals surface area contributed by atoms with Crippen molar-refractivity contribution in [3.8, 4) is 0 Å². The van der Waals surface area contributed by atoms with Crippen LogP contribution in [-0.2, 0) is 20.4 Å². The number of aliphatic hydroxyl groups excluding tert-OH is 1. The Labute approximate surface area is 93.3 Å². The van der Waals surface area contributed by atoms with E-state index < -0.39 is 12.1 Å². The topological polar surface area (TPSA) is 69.6 Å². The fraction of sp³-hybridized carbons (Fsp3) is 0.700. The highest BCUT2D eigenvalue weighted by Gasteiger charge is 2.27. The number of carbonyl (C=O) groups excluding carboxylic acids is 1. The van der Waals surface area contributed by atoms with E-state index in [1.54, 1.807) is 0 Å². The van der Waals surface area contributed by atoms with Crippen LogP contribution in [0.15, 0.2) is 12.0 Å². The van der Waals surface area contributed by atoms with Crippen molar-refractivity contribution in [2.24, 2.45) is 0 Å². The second kappa shape index (κ2) is 7.73. The van der Waals surface area contributed by atoms with Crippen molar-refractivity contribution in [2.75, 3.05) is 12.9 Å².